The van der Waals surface area contributed by atoms with Gasteiger partial charge in [0, 0.05) is 17.6 Å². The second-order valence-corrected chi connectivity index (χ2v) is 8.71. The molecular weight excluding hydrogens is 344 g/mol. The maximum absolute atomic E-state index is 11.7. The predicted molar refractivity (Wildman–Crippen MR) is 106 cm³/mol. The summed E-state index contributed by atoms with van der Waals surface area (Å²) in [5.74, 6) is 0. The smallest absolute Gasteiger partial charge is 0.408 e. The summed E-state index contributed by atoms with van der Waals surface area (Å²) in [4.78, 5) is 13.1. The number of hydrogen-bond donors (Lipinski definition) is 4. The Bertz CT molecular complexity index is 618. The van der Waals surface area contributed by atoms with Crippen LogP contribution in [0.1, 0.15) is 76.7 Å². The molecule has 152 valence electrons. The lowest BCUT2D eigenvalue weighted by molar-refractivity contribution is 0.0752. The number of aliphatic hydroxyl groups is 2. The van der Waals surface area contributed by atoms with Gasteiger partial charge in [0.25, 0.3) is 0 Å². The first-order chi connectivity index (χ1) is 12.6. The van der Waals surface area contributed by atoms with Gasteiger partial charge in [-0.15, -0.1) is 0 Å². The van der Waals surface area contributed by atoms with Crippen LogP contribution in [0.25, 0.3) is 0 Å². The van der Waals surface area contributed by atoms with Crippen LogP contribution in [0.4, 0.5) is 4.79 Å². The number of carbonyl (C=O) groups is 1. The summed E-state index contributed by atoms with van der Waals surface area (Å²) in [7, 11) is 0. The van der Waals surface area contributed by atoms with Crippen LogP contribution in [-0.2, 0) is 0 Å². The molecule has 6 nitrogen and oxygen atoms in total. The standard InChI is InChI=1S/C21H34N2O4/c1-15(23(19(26)27)20(2,3)4)16-7-9-17(10-8-16)18(25)13-22-21(14-24)11-5-6-12-21/h7-10,15,18,22,24-25H,5-6,11-14H2,1-4H3,(H,26,27)/t15-,18+/m0/s1. The van der Waals surface area contributed by atoms with Gasteiger partial charge in [0.15, 0.2) is 0 Å². The van der Waals surface area contributed by atoms with Gasteiger partial charge in [0.05, 0.1) is 18.8 Å². The Kier molecular flexibility index (Phi) is 6.89. The maximum atomic E-state index is 11.7. The highest BCUT2D eigenvalue weighted by atomic mass is 16.4. The van der Waals surface area contributed by atoms with Crippen LogP contribution in [0.3, 0.4) is 0 Å². The van der Waals surface area contributed by atoms with Crippen LogP contribution in [0, 0.1) is 0 Å². The van der Waals surface area contributed by atoms with Gasteiger partial charge in [-0.1, -0.05) is 37.1 Å². The Morgan fingerprint density at radius 2 is 1.70 bits per heavy atom. The first-order valence-electron chi connectivity index (χ1n) is 9.76. The van der Waals surface area contributed by atoms with E-state index in [9.17, 15) is 20.1 Å². The Hall–Kier alpha value is -1.63. The molecule has 2 rings (SSSR count). The Labute approximate surface area is 162 Å². The van der Waals surface area contributed by atoms with Crippen molar-refractivity contribution < 1.29 is 20.1 Å². The lowest BCUT2D eigenvalue weighted by Crippen LogP contribution is -2.47. The molecule has 1 saturated carbocycles. The zero-order chi connectivity index (χ0) is 20.2. The van der Waals surface area contributed by atoms with E-state index in [0.717, 1.165) is 36.8 Å². The summed E-state index contributed by atoms with van der Waals surface area (Å²) in [5.41, 5.74) is 0.901. The molecule has 0 heterocycles. The van der Waals surface area contributed by atoms with Crippen LogP contribution >= 0.6 is 0 Å². The van der Waals surface area contributed by atoms with Crippen LogP contribution in [-0.4, -0.2) is 50.5 Å². The van der Waals surface area contributed by atoms with Crippen LogP contribution < -0.4 is 5.32 Å². The largest absolute Gasteiger partial charge is 0.465 e. The highest BCUT2D eigenvalue weighted by Crippen LogP contribution is 2.31. The summed E-state index contributed by atoms with van der Waals surface area (Å²) in [6.45, 7) is 7.98. The van der Waals surface area contributed by atoms with E-state index in [1.54, 1.807) is 0 Å². The van der Waals surface area contributed by atoms with Crippen LogP contribution in [0.15, 0.2) is 24.3 Å². The van der Waals surface area contributed by atoms with Crippen molar-refractivity contribution in [3.63, 3.8) is 0 Å². The van der Waals surface area contributed by atoms with E-state index in [0.29, 0.717) is 6.54 Å². The molecule has 0 aromatic heterocycles. The summed E-state index contributed by atoms with van der Waals surface area (Å²) >= 11 is 0. The molecule has 1 amide bonds. The maximum Gasteiger partial charge on any atom is 0.408 e. The molecule has 1 aromatic rings. The molecule has 1 aliphatic rings. The van der Waals surface area contributed by atoms with E-state index in [2.05, 4.69) is 5.32 Å². The lowest BCUT2D eigenvalue weighted by Gasteiger charge is -2.38. The van der Waals surface area contributed by atoms with Crippen molar-refractivity contribution in [2.75, 3.05) is 13.2 Å². The summed E-state index contributed by atoms with van der Waals surface area (Å²) < 4.78 is 0. The van der Waals surface area contributed by atoms with Gasteiger partial charge >= 0.3 is 6.09 Å². The number of hydrogen-bond acceptors (Lipinski definition) is 4. The topological polar surface area (TPSA) is 93.0 Å². The fourth-order valence-electron chi connectivity index (χ4n) is 4.05. The lowest BCUT2D eigenvalue weighted by atomic mass is 9.96. The summed E-state index contributed by atoms with van der Waals surface area (Å²) in [6, 6.07) is 7.16. The number of amides is 1. The number of nitrogens with one attached hydrogen (secondary N) is 1. The second kappa shape index (κ2) is 8.59. The van der Waals surface area contributed by atoms with E-state index in [1.807, 2.05) is 52.0 Å². The number of nitrogens with zero attached hydrogens (tertiary/aromatic N) is 1. The third-order valence-electron chi connectivity index (χ3n) is 5.65. The van der Waals surface area contributed by atoms with Crippen LogP contribution in [0.2, 0.25) is 0 Å². The molecule has 2 atom stereocenters. The number of aliphatic hydroxyl groups excluding tert-OH is 2. The van der Waals surface area contributed by atoms with Gasteiger partial charge in [0.1, 0.15) is 0 Å². The van der Waals surface area contributed by atoms with Crippen molar-refractivity contribution in [3.05, 3.63) is 35.4 Å². The van der Waals surface area contributed by atoms with Crippen molar-refractivity contribution in [1.29, 1.82) is 0 Å². The molecule has 27 heavy (non-hydrogen) atoms. The normalized spacial score (nSPS) is 18.9. The van der Waals surface area contributed by atoms with E-state index in [1.165, 1.54) is 4.90 Å². The van der Waals surface area contributed by atoms with Crippen molar-refractivity contribution in [2.24, 2.45) is 0 Å². The van der Waals surface area contributed by atoms with Gasteiger partial charge < -0.3 is 20.6 Å². The number of β-amino-alcohol motifs (C(OH)–C–C–N with tert-alkyl or cyclic N) is 1. The average molecular weight is 379 g/mol. The molecule has 0 bridgehead atoms. The van der Waals surface area contributed by atoms with Gasteiger partial charge in [-0.25, -0.2) is 4.79 Å². The minimum atomic E-state index is -0.950. The molecule has 0 unspecified atom stereocenters. The third-order valence-corrected chi connectivity index (χ3v) is 5.65. The van der Waals surface area contributed by atoms with Gasteiger partial charge in [-0.2, -0.15) is 0 Å². The number of benzene rings is 1. The number of rotatable bonds is 7. The van der Waals surface area contributed by atoms with Gasteiger partial charge in [-0.3, -0.25) is 4.90 Å². The van der Waals surface area contributed by atoms with Crippen molar-refractivity contribution in [2.45, 2.75) is 76.6 Å². The molecule has 0 radical (unpaired) electrons. The van der Waals surface area contributed by atoms with Crippen molar-refractivity contribution in [1.82, 2.24) is 10.2 Å². The predicted octanol–water partition coefficient (Wildman–Crippen LogP) is 3.45. The summed E-state index contributed by atoms with van der Waals surface area (Å²) in [5, 5.41) is 33.1. The Morgan fingerprint density at radius 3 is 2.15 bits per heavy atom. The second-order valence-electron chi connectivity index (χ2n) is 8.71. The zero-order valence-electron chi connectivity index (χ0n) is 16.9. The third kappa shape index (κ3) is 5.21. The molecule has 0 saturated heterocycles. The fraction of sp³-hybridized carbons (Fsp3) is 0.667. The van der Waals surface area contributed by atoms with Gasteiger partial charge in [0.2, 0.25) is 0 Å². The summed E-state index contributed by atoms with van der Waals surface area (Å²) in [6.07, 6.45) is 2.45. The van der Waals surface area contributed by atoms with Crippen LogP contribution in [0.5, 0.6) is 0 Å². The Morgan fingerprint density at radius 1 is 1.19 bits per heavy atom. The molecule has 1 aromatic carbocycles. The van der Waals surface area contributed by atoms with Crippen molar-refractivity contribution >= 4 is 6.09 Å². The monoisotopic (exact) mass is 378 g/mol. The zero-order valence-corrected chi connectivity index (χ0v) is 16.9. The van der Waals surface area contributed by atoms with E-state index >= 15 is 0 Å². The molecule has 4 N–H and O–H groups in total. The van der Waals surface area contributed by atoms with E-state index in [4.69, 9.17) is 0 Å². The molecule has 0 aliphatic heterocycles. The van der Waals surface area contributed by atoms with Crippen molar-refractivity contribution in [3.8, 4) is 0 Å². The quantitative estimate of drug-likeness (QED) is 0.583. The highest BCUT2D eigenvalue weighted by molar-refractivity contribution is 5.66. The Balaban J connectivity index is 2.04. The minimum absolute atomic E-state index is 0.0913. The first kappa shape index (κ1) is 21.7. The molecular formula is C21H34N2O4. The molecule has 0 spiro atoms. The number of carboxylic acid groups (broad SMARTS) is 1. The first-order valence-corrected chi connectivity index (χ1v) is 9.76. The average Bonchev–Trinajstić information content (AvgIpc) is 3.07. The molecule has 1 aliphatic carbocycles. The minimum Gasteiger partial charge on any atom is -0.465 e. The SMILES string of the molecule is C[C@@H](c1ccc([C@H](O)CNC2(CO)CCCC2)cc1)N(C(=O)O)C(C)(C)C. The highest BCUT2D eigenvalue weighted by Gasteiger charge is 2.33. The van der Waals surface area contributed by atoms with E-state index < -0.39 is 17.7 Å². The fourth-order valence-corrected chi connectivity index (χ4v) is 4.05. The molecule has 1 fully saturated rings. The molecule has 6 heteroatoms. The van der Waals surface area contributed by atoms with E-state index in [-0.39, 0.29) is 18.2 Å². The van der Waals surface area contributed by atoms with Gasteiger partial charge in [-0.05, 0) is 51.7 Å².